The molecule has 0 bridgehead atoms. The Morgan fingerprint density at radius 1 is 1.06 bits per heavy atom. The molecule has 0 fully saturated rings. The predicted molar refractivity (Wildman–Crippen MR) is 125 cm³/mol. The van der Waals surface area contributed by atoms with Gasteiger partial charge in [0.15, 0.2) is 9.84 Å². The van der Waals surface area contributed by atoms with Crippen LogP contribution in [0.5, 0.6) is 0 Å². The van der Waals surface area contributed by atoms with Gasteiger partial charge in [0, 0.05) is 24.0 Å². The number of benzene rings is 2. The first-order valence-corrected chi connectivity index (χ1v) is 11.8. The minimum atomic E-state index is -3.58. The fourth-order valence-electron chi connectivity index (χ4n) is 3.52. The summed E-state index contributed by atoms with van der Waals surface area (Å²) in [5.41, 5.74) is 8.83. The standard InChI is InChI=1S/C24H22N4O3S/c1-16-5-9-22(32(2,30)31)21(12-16)28(24(29)19-4-3-11-26-14-19)15-17-6-7-18-8-10-23(25)27-20(18)13-17/h3-14H,15H2,1-2H3,(H2,25,27). The highest BCUT2D eigenvalue weighted by molar-refractivity contribution is 7.90. The Bertz CT molecular complexity index is 1420. The lowest BCUT2D eigenvalue weighted by atomic mass is 10.1. The van der Waals surface area contributed by atoms with Gasteiger partial charge in [-0.3, -0.25) is 9.78 Å². The van der Waals surface area contributed by atoms with Gasteiger partial charge in [-0.25, -0.2) is 13.4 Å². The van der Waals surface area contributed by atoms with E-state index in [9.17, 15) is 13.2 Å². The van der Waals surface area contributed by atoms with E-state index in [1.165, 1.54) is 17.2 Å². The van der Waals surface area contributed by atoms with Crippen LogP contribution in [0.3, 0.4) is 0 Å². The molecule has 7 nitrogen and oxygen atoms in total. The van der Waals surface area contributed by atoms with Crippen molar-refractivity contribution in [3.63, 3.8) is 0 Å². The molecule has 2 N–H and O–H groups in total. The smallest absolute Gasteiger partial charge is 0.260 e. The largest absolute Gasteiger partial charge is 0.384 e. The molecule has 0 aliphatic heterocycles. The molecule has 0 unspecified atom stereocenters. The average molecular weight is 447 g/mol. The summed E-state index contributed by atoms with van der Waals surface area (Å²) in [7, 11) is -3.58. The van der Waals surface area contributed by atoms with Crippen LogP contribution >= 0.6 is 0 Å². The molecule has 0 aliphatic carbocycles. The van der Waals surface area contributed by atoms with Gasteiger partial charge < -0.3 is 10.6 Å². The zero-order valence-corrected chi connectivity index (χ0v) is 18.5. The topological polar surface area (TPSA) is 106 Å². The first-order valence-electron chi connectivity index (χ1n) is 9.90. The van der Waals surface area contributed by atoms with Crippen LogP contribution in [-0.2, 0) is 16.4 Å². The maximum Gasteiger partial charge on any atom is 0.260 e. The van der Waals surface area contributed by atoms with E-state index >= 15 is 0 Å². The number of hydrogen-bond acceptors (Lipinski definition) is 6. The Morgan fingerprint density at radius 2 is 1.84 bits per heavy atom. The Labute approximate surface area is 186 Å². The summed E-state index contributed by atoms with van der Waals surface area (Å²) >= 11 is 0. The van der Waals surface area contributed by atoms with E-state index in [4.69, 9.17) is 5.73 Å². The number of pyridine rings is 2. The molecule has 2 aromatic heterocycles. The minimum Gasteiger partial charge on any atom is -0.384 e. The van der Waals surface area contributed by atoms with E-state index in [0.717, 1.165) is 22.8 Å². The maximum atomic E-state index is 13.5. The molecule has 0 saturated carbocycles. The lowest BCUT2D eigenvalue weighted by Crippen LogP contribution is -2.32. The SMILES string of the molecule is Cc1ccc(S(C)(=O)=O)c(N(Cc2ccc3ccc(N)nc3c2)C(=O)c2cccnc2)c1. The zero-order valence-electron chi connectivity index (χ0n) is 17.7. The highest BCUT2D eigenvalue weighted by Crippen LogP contribution is 2.30. The van der Waals surface area contributed by atoms with Crippen LogP contribution in [0, 0.1) is 6.92 Å². The predicted octanol–water partition coefficient (Wildman–Crippen LogP) is 3.77. The summed E-state index contributed by atoms with van der Waals surface area (Å²) in [5.74, 6) is 0.0465. The van der Waals surface area contributed by atoms with E-state index in [1.807, 2.05) is 31.2 Å². The number of amides is 1. The monoisotopic (exact) mass is 446 g/mol. The maximum absolute atomic E-state index is 13.5. The molecular weight excluding hydrogens is 424 g/mol. The highest BCUT2D eigenvalue weighted by Gasteiger charge is 2.25. The molecule has 32 heavy (non-hydrogen) atoms. The number of anilines is 2. The molecule has 0 spiro atoms. The molecule has 162 valence electrons. The van der Waals surface area contributed by atoms with Gasteiger partial charge in [0.25, 0.3) is 5.91 Å². The molecule has 0 radical (unpaired) electrons. The van der Waals surface area contributed by atoms with Crippen molar-refractivity contribution in [3.8, 4) is 0 Å². The second-order valence-corrected chi connectivity index (χ2v) is 9.62. The average Bonchev–Trinajstić information content (AvgIpc) is 2.76. The number of nitrogens with two attached hydrogens (primary N) is 1. The van der Waals surface area contributed by atoms with E-state index in [-0.39, 0.29) is 17.3 Å². The van der Waals surface area contributed by atoms with Crippen molar-refractivity contribution in [3.05, 3.63) is 89.7 Å². The van der Waals surface area contributed by atoms with Crippen molar-refractivity contribution in [2.45, 2.75) is 18.4 Å². The third-order valence-electron chi connectivity index (χ3n) is 5.08. The third-order valence-corrected chi connectivity index (χ3v) is 6.22. The molecule has 2 heterocycles. The van der Waals surface area contributed by atoms with E-state index < -0.39 is 9.84 Å². The number of carbonyl (C=O) groups excluding carboxylic acids is 1. The van der Waals surface area contributed by atoms with Crippen LogP contribution in [0.2, 0.25) is 0 Å². The van der Waals surface area contributed by atoms with E-state index in [0.29, 0.717) is 22.6 Å². The first-order chi connectivity index (χ1) is 15.2. The van der Waals surface area contributed by atoms with Crippen molar-refractivity contribution >= 4 is 38.2 Å². The number of rotatable bonds is 5. The molecule has 0 atom stereocenters. The van der Waals surface area contributed by atoms with Crippen molar-refractivity contribution in [2.24, 2.45) is 0 Å². The number of aryl methyl sites for hydroxylation is 1. The third kappa shape index (κ3) is 4.45. The summed E-state index contributed by atoms with van der Waals surface area (Å²) in [6, 6.07) is 17.5. The van der Waals surface area contributed by atoms with Crippen molar-refractivity contribution in [1.29, 1.82) is 0 Å². The van der Waals surface area contributed by atoms with Crippen molar-refractivity contribution < 1.29 is 13.2 Å². The number of fused-ring (bicyclic) bond motifs is 1. The number of hydrogen-bond donors (Lipinski definition) is 1. The van der Waals surface area contributed by atoms with Gasteiger partial charge in [-0.2, -0.15) is 0 Å². The van der Waals surface area contributed by atoms with Gasteiger partial charge in [0.2, 0.25) is 0 Å². The first kappa shape index (κ1) is 21.5. The van der Waals surface area contributed by atoms with Crippen molar-refractivity contribution in [1.82, 2.24) is 9.97 Å². The van der Waals surface area contributed by atoms with Gasteiger partial charge in [0.1, 0.15) is 5.82 Å². The number of nitrogen functional groups attached to an aromatic ring is 1. The van der Waals surface area contributed by atoms with Gasteiger partial charge in [-0.1, -0.05) is 18.2 Å². The van der Waals surface area contributed by atoms with Gasteiger partial charge in [-0.15, -0.1) is 0 Å². The van der Waals surface area contributed by atoms with Gasteiger partial charge in [0.05, 0.1) is 28.2 Å². The Balaban J connectivity index is 1.86. The molecule has 1 amide bonds. The Morgan fingerprint density at radius 3 is 2.56 bits per heavy atom. The Kier molecular flexibility index (Phi) is 5.63. The second kappa shape index (κ2) is 8.39. The lowest BCUT2D eigenvalue weighted by molar-refractivity contribution is 0.0984. The van der Waals surface area contributed by atoms with E-state index in [1.54, 1.807) is 36.5 Å². The van der Waals surface area contributed by atoms with Crippen LogP contribution < -0.4 is 10.6 Å². The number of nitrogens with zero attached hydrogens (tertiary/aromatic N) is 3. The minimum absolute atomic E-state index is 0.0866. The summed E-state index contributed by atoms with van der Waals surface area (Å²) in [4.78, 5) is 23.5. The lowest BCUT2D eigenvalue weighted by Gasteiger charge is -2.25. The number of carbonyl (C=O) groups is 1. The van der Waals surface area contributed by atoms with Gasteiger partial charge >= 0.3 is 0 Å². The fourth-order valence-corrected chi connectivity index (χ4v) is 4.39. The summed E-state index contributed by atoms with van der Waals surface area (Å²) in [5, 5.41) is 0.917. The van der Waals surface area contributed by atoms with Crippen LogP contribution in [0.25, 0.3) is 10.9 Å². The molecule has 2 aromatic carbocycles. The summed E-state index contributed by atoms with van der Waals surface area (Å²) < 4.78 is 25.0. The number of sulfone groups is 1. The fraction of sp³-hybridized carbons (Fsp3) is 0.125. The highest BCUT2D eigenvalue weighted by atomic mass is 32.2. The molecule has 0 saturated heterocycles. The Hall–Kier alpha value is -3.78. The molecular formula is C24H22N4O3S. The van der Waals surface area contributed by atoms with E-state index in [2.05, 4.69) is 9.97 Å². The molecule has 8 heteroatoms. The van der Waals surface area contributed by atoms with Crippen LogP contribution in [0.1, 0.15) is 21.5 Å². The number of aromatic nitrogens is 2. The normalized spacial score (nSPS) is 11.4. The molecule has 4 aromatic rings. The van der Waals surface area contributed by atoms with Crippen LogP contribution in [0.4, 0.5) is 11.5 Å². The quantitative estimate of drug-likeness (QED) is 0.500. The second-order valence-electron chi connectivity index (χ2n) is 7.64. The summed E-state index contributed by atoms with van der Waals surface area (Å²) in [6.45, 7) is 2.00. The van der Waals surface area contributed by atoms with Crippen molar-refractivity contribution in [2.75, 3.05) is 16.9 Å². The zero-order chi connectivity index (χ0) is 22.9. The summed E-state index contributed by atoms with van der Waals surface area (Å²) in [6.07, 6.45) is 4.18. The van der Waals surface area contributed by atoms with Crippen LogP contribution in [-0.4, -0.2) is 30.5 Å². The molecule has 0 aliphatic rings. The van der Waals surface area contributed by atoms with Crippen LogP contribution in [0.15, 0.2) is 78.0 Å². The van der Waals surface area contributed by atoms with Gasteiger partial charge in [-0.05, 0) is 60.5 Å². The molecule has 4 rings (SSSR count).